The maximum Gasteiger partial charge on any atom is 0.143 e. The van der Waals surface area contributed by atoms with Crippen LogP contribution < -0.4 is 0 Å². The Morgan fingerprint density at radius 2 is 2.10 bits per heavy atom. The first-order valence-electron chi connectivity index (χ1n) is 3.58. The number of nitrogens with zero attached hydrogens (tertiary/aromatic N) is 1. The Balaban J connectivity index is 2.19. The van der Waals surface area contributed by atoms with Crippen LogP contribution in [0.3, 0.4) is 0 Å². The molecule has 0 aromatic rings. The second-order valence-corrected chi connectivity index (χ2v) is 3.82. The van der Waals surface area contributed by atoms with Crippen LogP contribution in [-0.2, 0) is 4.79 Å². The fourth-order valence-electron chi connectivity index (χ4n) is 1.07. The largest absolute Gasteiger partial charge is 0.299 e. The molecule has 10 heavy (non-hydrogen) atoms. The quantitative estimate of drug-likeness (QED) is 0.589. The molecule has 0 aromatic carbocycles. The number of carbonyl (C=O) groups is 1. The molecule has 0 spiro atoms. The molecule has 1 aliphatic rings. The van der Waals surface area contributed by atoms with Gasteiger partial charge < -0.3 is 0 Å². The van der Waals surface area contributed by atoms with Gasteiger partial charge in [-0.1, -0.05) is 0 Å². The normalized spacial score (nSPS) is 20.9. The predicted octanol–water partition coefficient (Wildman–Crippen LogP) is 0.624. The minimum Gasteiger partial charge on any atom is -0.299 e. The van der Waals surface area contributed by atoms with E-state index in [1.807, 2.05) is 11.8 Å². The number of Topliss-reactive ketones (excluding diaryl/α,β-unsaturated/α-hetero) is 1. The third-order valence-corrected chi connectivity index (χ3v) is 2.49. The molecule has 0 aliphatic carbocycles. The third kappa shape index (κ3) is 2.71. The molecule has 0 N–H and O–H groups in total. The Kier molecular flexibility index (Phi) is 3.22. The van der Waals surface area contributed by atoms with Gasteiger partial charge >= 0.3 is 0 Å². The molecule has 0 unspecified atom stereocenters. The summed E-state index contributed by atoms with van der Waals surface area (Å²) < 4.78 is 0. The van der Waals surface area contributed by atoms with E-state index in [1.165, 1.54) is 11.5 Å². The van der Waals surface area contributed by atoms with Crippen molar-refractivity contribution in [2.24, 2.45) is 0 Å². The fraction of sp³-hybridized carbons (Fsp3) is 0.857. The monoisotopic (exact) mass is 159 g/mol. The molecule has 1 saturated heterocycles. The number of hydrogen-bond donors (Lipinski definition) is 0. The summed E-state index contributed by atoms with van der Waals surface area (Å²) in [6.07, 6.45) is 0. The van der Waals surface area contributed by atoms with Crippen molar-refractivity contribution in [1.82, 2.24) is 4.90 Å². The molecule has 2 nitrogen and oxygen atoms in total. The topological polar surface area (TPSA) is 20.3 Å². The molecule has 0 bridgehead atoms. The van der Waals surface area contributed by atoms with Crippen LogP contribution in [0.25, 0.3) is 0 Å². The fourth-order valence-corrected chi connectivity index (χ4v) is 2.05. The summed E-state index contributed by atoms with van der Waals surface area (Å²) in [5, 5.41) is 0. The lowest BCUT2D eigenvalue weighted by atomic mass is 10.4. The van der Waals surface area contributed by atoms with Gasteiger partial charge in [0.15, 0.2) is 0 Å². The highest BCUT2D eigenvalue weighted by atomic mass is 32.2. The van der Waals surface area contributed by atoms with Crippen molar-refractivity contribution in [3.8, 4) is 0 Å². The maximum absolute atomic E-state index is 10.7. The highest BCUT2D eigenvalue weighted by Crippen LogP contribution is 2.08. The maximum atomic E-state index is 10.7. The van der Waals surface area contributed by atoms with E-state index >= 15 is 0 Å². The van der Waals surface area contributed by atoms with Crippen LogP contribution in [0.5, 0.6) is 0 Å². The Bertz CT molecular complexity index is 121. The summed E-state index contributed by atoms with van der Waals surface area (Å²) in [5.41, 5.74) is 0. The van der Waals surface area contributed by atoms with Gasteiger partial charge in [0.2, 0.25) is 0 Å². The van der Waals surface area contributed by atoms with Crippen LogP contribution in [-0.4, -0.2) is 41.8 Å². The van der Waals surface area contributed by atoms with Gasteiger partial charge in [-0.2, -0.15) is 11.8 Å². The van der Waals surface area contributed by atoms with Gasteiger partial charge in [-0.05, 0) is 6.92 Å². The van der Waals surface area contributed by atoms with Crippen molar-refractivity contribution in [2.45, 2.75) is 6.92 Å². The molecule has 0 radical (unpaired) electrons. The lowest BCUT2D eigenvalue weighted by Crippen LogP contribution is -2.35. The lowest BCUT2D eigenvalue weighted by Gasteiger charge is -2.24. The SMILES string of the molecule is CC(=O)CN1CCSCC1. The zero-order chi connectivity index (χ0) is 7.40. The van der Waals surface area contributed by atoms with Gasteiger partial charge in [0.25, 0.3) is 0 Å². The predicted molar refractivity (Wildman–Crippen MR) is 44.4 cm³/mol. The van der Waals surface area contributed by atoms with Crippen LogP contribution in [0, 0.1) is 0 Å². The number of rotatable bonds is 2. The zero-order valence-electron chi connectivity index (χ0n) is 6.30. The molecule has 1 heterocycles. The lowest BCUT2D eigenvalue weighted by molar-refractivity contribution is -0.118. The minimum atomic E-state index is 0.284. The second-order valence-electron chi connectivity index (χ2n) is 2.59. The van der Waals surface area contributed by atoms with Crippen LogP contribution in [0.2, 0.25) is 0 Å². The van der Waals surface area contributed by atoms with E-state index in [4.69, 9.17) is 0 Å². The highest BCUT2D eigenvalue weighted by molar-refractivity contribution is 7.99. The van der Waals surface area contributed by atoms with Gasteiger partial charge in [0, 0.05) is 24.6 Å². The van der Waals surface area contributed by atoms with Crippen molar-refractivity contribution in [2.75, 3.05) is 31.1 Å². The summed E-state index contributed by atoms with van der Waals surface area (Å²) in [7, 11) is 0. The number of hydrogen-bond acceptors (Lipinski definition) is 3. The summed E-state index contributed by atoms with van der Waals surface area (Å²) in [6, 6.07) is 0. The number of carbonyl (C=O) groups excluding carboxylic acids is 1. The summed E-state index contributed by atoms with van der Waals surface area (Å²) in [5.74, 6) is 2.66. The molecule has 0 atom stereocenters. The third-order valence-electron chi connectivity index (χ3n) is 1.55. The molecule has 58 valence electrons. The first-order valence-corrected chi connectivity index (χ1v) is 4.74. The van der Waals surface area contributed by atoms with E-state index in [0.29, 0.717) is 6.54 Å². The van der Waals surface area contributed by atoms with Crippen molar-refractivity contribution < 1.29 is 4.79 Å². The van der Waals surface area contributed by atoms with Crippen molar-refractivity contribution in [1.29, 1.82) is 0 Å². The molecular weight excluding hydrogens is 146 g/mol. The van der Waals surface area contributed by atoms with Gasteiger partial charge in [0.05, 0.1) is 6.54 Å². The Hall–Kier alpha value is -0.0200. The Morgan fingerprint density at radius 1 is 1.50 bits per heavy atom. The zero-order valence-corrected chi connectivity index (χ0v) is 7.12. The van der Waals surface area contributed by atoms with Gasteiger partial charge in [-0.15, -0.1) is 0 Å². The van der Waals surface area contributed by atoms with Gasteiger partial charge in [-0.3, -0.25) is 9.69 Å². The van der Waals surface area contributed by atoms with E-state index in [9.17, 15) is 4.79 Å². The van der Waals surface area contributed by atoms with Gasteiger partial charge in [-0.25, -0.2) is 0 Å². The summed E-state index contributed by atoms with van der Waals surface area (Å²) >= 11 is 1.97. The van der Waals surface area contributed by atoms with E-state index < -0.39 is 0 Å². The van der Waals surface area contributed by atoms with E-state index in [1.54, 1.807) is 6.92 Å². The Morgan fingerprint density at radius 3 is 2.60 bits per heavy atom. The second kappa shape index (κ2) is 3.98. The Labute approximate surface area is 66.0 Å². The highest BCUT2D eigenvalue weighted by Gasteiger charge is 2.10. The molecule has 0 aromatic heterocycles. The standard InChI is InChI=1S/C7H13NOS/c1-7(9)6-8-2-4-10-5-3-8/h2-6H2,1H3. The number of ketones is 1. The average Bonchev–Trinajstić information content (AvgIpc) is 1.88. The first kappa shape index (κ1) is 8.08. The van der Waals surface area contributed by atoms with E-state index in [2.05, 4.69) is 4.90 Å². The van der Waals surface area contributed by atoms with Crippen LogP contribution in [0.4, 0.5) is 0 Å². The van der Waals surface area contributed by atoms with Crippen molar-refractivity contribution in [3.63, 3.8) is 0 Å². The smallest absolute Gasteiger partial charge is 0.143 e. The summed E-state index contributed by atoms with van der Waals surface area (Å²) in [6.45, 7) is 4.48. The van der Waals surface area contributed by atoms with Crippen LogP contribution in [0.1, 0.15) is 6.92 Å². The molecule has 0 amide bonds. The van der Waals surface area contributed by atoms with Crippen LogP contribution in [0.15, 0.2) is 0 Å². The molecule has 0 saturated carbocycles. The average molecular weight is 159 g/mol. The molecule has 3 heteroatoms. The first-order chi connectivity index (χ1) is 4.79. The van der Waals surface area contributed by atoms with E-state index in [-0.39, 0.29) is 5.78 Å². The minimum absolute atomic E-state index is 0.284. The molecular formula is C7H13NOS. The van der Waals surface area contributed by atoms with Gasteiger partial charge in [0.1, 0.15) is 5.78 Å². The summed E-state index contributed by atoms with van der Waals surface area (Å²) in [4.78, 5) is 12.9. The molecule has 1 aliphatic heterocycles. The number of thioether (sulfide) groups is 1. The molecule has 1 rings (SSSR count). The van der Waals surface area contributed by atoms with Crippen LogP contribution >= 0.6 is 11.8 Å². The van der Waals surface area contributed by atoms with E-state index in [0.717, 1.165) is 13.1 Å². The van der Waals surface area contributed by atoms with Crippen molar-refractivity contribution in [3.05, 3.63) is 0 Å². The molecule has 1 fully saturated rings. The van der Waals surface area contributed by atoms with Crippen molar-refractivity contribution >= 4 is 17.5 Å².